The standard InChI is InChI=1S/C26H29N3O6S/c1-5-35-22-11-8-20(9-12-22)17-27-28-26(30)18-29(21-10-15-24(33-3)25(16-21)34-4)36(31,32)23-13-6-19(2)7-14-23/h6-17H,5,18H2,1-4H3,(H,28,30)/b27-17-. The predicted octanol–water partition coefficient (Wildman–Crippen LogP) is 3.76. The molecule has 0 aliphatic rings. The van der Waals surface area contributed by atoms with Gasteiger partial charge in [-0.25, -0.2) is 13.8 Å². The summed E-state index contributed by atoms with van der Waals surface area (Å²) in [6, 6.07) is 18.2. The molecule has 0 heterocycles. The highest BCUT2D eigenvalue weighted by Crippen LogP contribution is 2.33. The van der Waals surface area contributed by atoms with Crippen LogP contribution in [-0.2, 0) is 14.8 Å². The third-order valence-electron chi connectivity index (χ3n) is 5.15. The monoisotopic (exact) mass is 511 g/mol. The van der Waals surface area contributed by atoms with Gasteiger partial charge in [-0.05, 0) is 67.9 Å². The summed E-state index contributed by atoms with van der Waals surface area (Å²) < 4.78 is 44.1. The van der Waals surface area contributed by atoms with Crippen LogP contribution in [0.3, 0.4) is 0 Å². The Morgan fingerprint density at radius 2 is 1.64 bits per heavy atom. The molecule has 0 radical (unpaired) electrons. The summed E-state index contributed by atoms with van der Waals surface area (Å²) in [6.45, 7) is 3.81. The van der Waals surface area contributed by atoms with Crippen LogP contribution in [0.2, 0.25) is 0 Å². The van der Waals surface area contributed by atoms with Crippen LogP contribution in [-0.4, -0.2) is 47.9 Å². The Morgan fingerprint density at radius 1 is 0.972 bits per heavy atom. The first-order valence-corrected chi connectivity index (χ1v) is 12.6. The summed E-state index contributed by atoms with van der Waals surface area (Å²) in [5.41, 5.74) is 4.28. The van der Waals surface area contributed by atoms with Gasteiger partial charge in [0.25, 0.3) is 15.9 Å². The van der Waals surface area contributed by atoms with Gasteiger partial charge in [0.1, 0.15) is 12.3 Å². The van der Waals surface area contributed by atoms with Gasteiger partial charge in [0.05, 0.1) is 37.6 Å². The number of nitrogens with zero attached hydrogens (tertiary/aromatic N) is 2. The molecule has 0 saturated heterocycles. The van der Waals surface area contributed by atoms with Crippen molar-refractivity contribution in [1.82, 2.24) is 5.43 Å². The number of aryl methyl sites for hydroxylation is 1. The summed E-state index contributed by atoms with van der Waals surface area (Å²) in [5.74, 6) is 0.861. The number of hydrogen-bond donors (Lipinski definition) is 1. The zero-order chi connectivity index (χ0) is 26.1. The molecule has 0 spiro atoms. The number of carbonyl (C=O) groups is 1. The zero-order valence-corrected chi connectivity index (χ0v) is 21.4. The Bertz CT molecular complexity index is 1310. The van der Waals surface area contributed by atoms with Crippen LogP contribution in [0.4, 0.5) is 5.69 Å². The number of hydrogen-bond acceptors (Lipinski definition) is 7. The van der Waals surface area contributed by atoms with E-state index in [1.165, 1.54) is 38.6 Å². The molecule has 0 aromatic heterocycles. The lowest BCUT2D eigenvalue weighted by Gasteiger charge is -2.24. The molecule has 0 saturated carbocycles. The van der Waals surface area contributed by atoms with E-state index in [4.69, 9.17) is 14.2 Å². The molecule has 0 aliphatic carbocycles. The lowest BCUT2D eigenvalue weighted by atomic mass is 10.2. The molecule has 0 unspecified atom stereocenters. The molecule has 3 rings (SSSR count). The van der Waals surface area contributed by atoms with Crippen LogP contribution >= 0.6 is 0 Å². The van der Waals surface area contributed by atoms with Gasteiger partial charge in [-0.3, -0.25) is 9.10 Å². The average Bonchev–Trinajstić information content (AvgIpc) is 2.88. The fourth-order valence-electron chi connectivity index (χ4n) is 3.29. The van der Waals surface area contributed by atoms with Crippen molar-refractivity contribution in [2.75, 3.05) is 31.7 Å². The Kier molecular flexibility index (Phi) is 8.91. The van der Waals surface area contributed by atoms with E-state index in [0.717, 1.165) is 21.2 Å². The van der Waals surface area contributed by atoms with Crippen LogP contribution in [0.25, 0.3) is 0 Å². The minimum Gasteiger partial charge on any atom is -0.494 e. The highest BCUT2D eigenvalue weighted by atomic mass is 32.2. The van der Waals surface area contributed by atoms with Gasteiger partial charge in [0, 0.05) is 6.07 Å². The number of carbonyl (C=O) groups excluding carboxylic acids is 1. The van der Waals surface area contributed by atoms with E-state index in [9.17, 15) is 13.2 Å². The maximum atomic E-state index is 13.5. The Labute approximate surface area is 211 Å². The number of sulfonamides is 1. The van der Waals surface area contributed by atoms with E-state index in [0.29, 0.717) is 18.1 Å². The molecule has 3 aromatic rings. The summed E-state index contributed by atoms with van der Waals surface area (Å²) in [7, 11) is -1.16. The quantitative estimate of drug-likeness (QED) is 0.310. The fourth-order valence-corrected chi connectivity index (χ4v) is 4.71. The molecule has 190 valence electrons. The van der Waals surface area contributed by atoms with Crippen molar-refractivity contribution >= 4 is 27.8 Å². The zero-order valence-electron chi connectivity index (χ0n) is 20.6. The summed E-state index contributed by atoms with van der Waals surface area (Å²) >= 11 is 0. The molecule has 0 bridgehead atoms. The molecule has 0 aliphatic heterocycles. The second kappa shape index (κ2) is 12.1. The van der Waals surface area contributed by atoms with Crippen molar-refractivity contribution in [1.29, 1.82) is 0 Å². The number of rotatable bonds is 11. The smallest absolute Gasteiger partial charge is 0.264 e. The fraction of sp³-hybridized carbons (Fsp3) is 0.231. The normalized spacial score (nSPS) is 11.2. The molecule has 3 aromatic carbocycles. The van der Waals surface area contributed by atoms with Crippen molar-refractivity contribution in [3.05, 3.63) is 77.9 Å². The lowest BCUT2D eigenvalue weighted by Crippen LogP contribution is -2.39. The number of anilines is 1. The topological polar surface area (TPSA) is 107 Å². The van der Waals surface area contributed by atoms with E-state index in [2.05, 4.69) is 10.5 Å². The third-order valence-corrected chi connectivity index (χ3v) is 6.93. The van der Waals surface area contributed by atoms with Crippen LogP contribution in [0.5, 0.6) is 17.2 Å². The maximum Gasteiger partial charge on any atom is 0.264 e. The van der Waals surface area contributed by atoms with Gasteiger partial charge >= 0.3 is 0 Å². The van der Waals surface area contributed by atoms with Crippen molar-refractivity contribution in [2.24, 2.45) is 5.10 Å². The van der Waals surface area contributed by atoms with Crippen molar-refractivity contribution in [3.63, 3.8) is 0 Å². The van der Waals surface area contributed by atoms with Crippen LogP contribution in [0, 0.1) is 6.92 Å². The minimum absolute atomic E-state index is 0.0496. The molecule has 10 heteroatoms. The molecule has 1 N–H and O–H groups in total. The van der Waals surface area contributed by atoms with E-state index >= 15 is 0 Å². The first kappa shape index (κ1) is 26.6. The Morgan fingerprint density at radius 3 is 2.25 bits per heavy atom. The lowest BCUT2D eigenvalue weighted by molar-refractivity contribution is -0.119. The highest BCUT2D eigenvalue weighted by molar-refractivity contribution is 7.92. The Hall–Kier alpha value is -4.05. The highest BCUT2D eigenvalue weighted by Gasteiger charge is 2.28. The van der Waals surface area contributed by atoms with Crippen molar-refractivity contribution in [3.8, 4) is 17.2 Å². The second-order valence-corrected chi connectivity index (χ2v) is 9.52. The van der Waals surface area contributed by atoms with Crippen LogP contribution in [0.1, 0.15) is 18.1 Å². The third kappa shape index (κ3) is 6.54. The minimum atomic E-state index is -4.09. The van der Waals surface area contributed by atoms with Gasteiger partial charge in [0.2, 0.25) is 0 Å². The molecule has 36 heavy (non-hydrogen) atoms. The van der Waals surface area contributed by atoms with Gasteiger partial charge < -0.3 is 14.2 Å². The number of benzene rings is 3. The Balaban J connectivity index is 1.85. The summed E-state index contributed by atoms with van der Waals surface area (Å²) in [6.07, 6.45) is 1.46. The van der Waals surface area contributed by atoms with E-state index in [-0.39, 0.29) is 10.6 Å². The van der Waals surface area contributed by atoms with Crippen LogP contribution in [0.15, 0.2) is 76.7 Å². The number of methoxy groups -OCH3 is 2. The van der Waals surface area contributed by atoms with Crippen LogP contribution < -0.4 is 23.9 Å². The van der Waals surface area contributed by atoms with E-state index in [1.54, 1.807) is 48.5 Å². The number of hydrazone groups is 1. The average molecular weight is 512 g/mol. The van der Waals surface area contributed by atoms with E-state index in [1.807, 2.05) is 13.8 Å². The first-order valence-electron chi connectivity index (χ1n) is 11.1. The van der Waals surface area contributed by atoms with Gasteiger partial charge in [0.15, 0.2) is 11.5 Å². The van der Waals surface area contributed by atoms with Gasteiger partial charge in [-0.2, -0.15) is 5.10 Å². The number of ether oxygens (including phenoxy) is 3. The van der Waals surface area contributed by atoms with Crippen molar-refractivity contribution in [2.45, 2.75) is 18.7 Å². The van der Waals surface area contributed by atoms with Crippen molar-refractivity contribution < 1.29 is 27.4 Å². The number of nitrogens with one attached hydrogen (secondary N) is 1. The maximum absolute atomic E-state index is 13.5. The SMILES string of the molecule is CCOc1ccc(/C=N\NC(=O)CN(c2ccc(OC)c(OC)c2)S(=O)(=O)c2ccc(C)cc2)cc1. The summed E-state index contributed by atoms with van der Waals surface area (Å²) in [5, 5.41) is 3.96. The largest absolute Gasteiger partial charge is 0.494 e. The molecule has 9 nitrogen and oxygen atoms in total. The molecular formula is C26H29N3O6S. The first-order chi connectivity index (χ1) is 17.3. The second-order valence-electron chi connectivity index (χ2n) is 7.66. The van der Waals surface area contributed by atoms with Gasteiger partial charge in [-0.1, -0.05) is 17.7 Å². The molecular weight excluding hydrogens is 482 g/mol. The van der Waals surface area contributed by atoms with E-state index < -0.39 is 22.5 Å². The summed E-state index contributed by atoms with van der Waals surface area (Å²) in [4.78, 5) is 12.8. The molecule has 0 fully saturated rings. The predicted molar refractivity (Wildman–Crippen MR) is 139 cm³/mol. The molecule has 1 amide bonds. The molecule has 0 atom stereocenters. The van der Waals surface area contributed by atoms with Gasteiger partial charge in [-0.15, -0.1) is 0 Å². The number of amides is 1.